The lowest BCUT2D eigenvalue weighted by molar-refractivity contribution is 0.385. The second-order valence-electron chi connectivity index (χ2n) is 4.22. The minimum absolute atomic E-state index is 0.340. The van der Waals surface area contributed by atoms with Crippen LogP contribution in [0, 0.1) is 0 Å². The molecule has 0 unspecified atom stereocenters. The van der Waals surface area contributed by atoms with Gasteiger partial charge in [0.15, 0.2) is 0 Å². The van der Waals surface area contributed by atoms with Gasteiger partial charge in [-0.15, -0.1) is 0 Å². The minimum Gasteiger partial charge on any atom is -0.399 e. The number of anilines is 1. The molecule has 1 aromatic rings. The smallest absolute Gasteiger partial charge is 0.0314 e. The Morgan fingerprint density at radius 3 is 2.29 bits per heavy atom. The van der Waals surface area contributed by atoms with Gasteiger partial charge in [-0.05, 0) is 36.5 Å². The lowest BCUT2D eigenvalue weighted by Gasteiger charge is -2.28. The molecule has 1 aliphatic rings. The van der Waals surface area contributed by atoms with E-state index in [1.54, 1.807) is 0 Å². The Kier molecular flexibility index (Phi) is 2.73. The van der Waals surface area contributed by atoms with Crippen LogP contribution in [-0.2, 0) is 0 Å². The van der Waals surface area contributed by atoms with E-state index >= 15 is 0 Å². The summed E-state index contributed by atoms with van der Waals surface area (Å²) in [5.41, 5.74) is 14.0. The average molecular weight is 190 g/mol. The van der Waals surface area contributed by atoms with E-state index in [9.17, 15) is 0 Å². The van der Waals surface area contributed by atoms with Gasteiger partial charge in [-0.25, -0.2) is 0 Å². The molecule has 1 fully saturated rings. The first-order valence-corrected chi connectivity index (χ1v) is 5.38. The van der Waals surface area contributed by atoms with E-state index < -0.39 is 0 Å². The van der Waals surface area contributed by atoms with Crippen LogP contribution in [0.25, 0.3) is 0 Å². The Bertz CT molecular complexity index is 292. The molecular weight excluding hydrogens is 172 g/mol. The topological polar surface area (TPSA) is 52.0 Å². The van der Waals surface area contributed by atoms with Crippen molar-refractivity contribution in [2.45, 2.75) is 37.6 Å². The van der Waals surface area contributed by atoms with Gasteiger partial charge in [0.1, 0.15) is 0 Å². The summed E-state index contributed by atoms with van der Waals surface area (Å²) in [5.74, 6) is 0.546. The molecule has 14 heavy (non-hydrogen) atoms. The van der Waals surface area contributed by atoms with Gasteiger partial charge >= 0.3 is 0 Å². The first kappa shape index (κ1) is 9.53. The molecule has 0 heterocycles. The third-order valence-electron chi connectivity index (χ3n) is 3.18. The van der Waals surface area contributed by atoms with Crippen molar-refractivity contribution in [3.05, 3.63) is 29.8 Å². The molecule has 4 N–H and O–H groups in total. The zero-order chi connectivity index (χ0) is 9.97. The fourth-order valence-electron chi connectivity index (χ4n) is 2.32. The van der Waals surface area contributed by atoms with Gasteiger partial charge in [-0.1, -0.05) is 25.0 Å². The number of benzene rings is 1. The molecule has 1 saturated carbocycles. The Morgan fingerprint density at radius 1 is 1.00 bits per heavy atom. The average Bonchev–Trinajstić information content (AvgIpc) is 2.20. The van der Waals surface area contributed by atoms with Crippen molar-refractivity contribution in [1.82, 2.24) is 0 Å². The first-order valence-electron chi connectivity index (χ1n) is 5.38. The molecular formula is C12H18N2. The Labute approximate surface area is 85.3 Å². The van der Waals surface area contributed by atoms with Gasteiger partial charge in [-0.2, -0.15) is 0 Å². The maximum atomic E-state index is 6.12. The quantitative estimate of drug-likeness (QED) is 0.667. The van der Waals surface area contributed by atoms with E-state index in [1.807, 2.05) is 12.1 Å². The molecule has 0 amide bonds. The molecule has 1 aliphatic carbocycles. The maximum Gasteiger partial charge on any atom is 0.0314 e. The number of hydrogen-bond donors (Lipinski definition) is 2. The van der Waals surface area contributed by atoms with Crippen molar-refractivity contribution in [3.8, 4) is 0 Å². The Hall–Kier alpha value is -1.02. The number of rotatable bonds is 1. The fourth-order valence-corrected chi connectivity index (χ4v) is 2.32. The maximum absolute atomic E-state index is 6.12. The molecule has 0 spiro atoms. The van der Waals surface area contributed by atoms with Gasteiger partial charge in [-0.3, -0.25) is 0 Å². The highest BCUT2D eigenvalue weighted by Crippen LogP contribution is 2.31. The SMILES string of the molecule is Nc1ccc([C@H]2CCCC[C@H]2N)cc1. The molecule has 2 atom stereocenters. The van der Waals surface area contributed by atoms with Crippen LogP contribution in [0.3, 0.4) is 0 Å². The van der Waals surface area contributed by atoms with Crippen molar-refractivity contribution >= 4 is 5.69 Å². The fraction of sp³-hybridized carbons (Fsp3) is 0.500. The summed E-state index contributed by atoms with van der Waals surface area (Å²) >= 11 is 0. The van der Waals surface area contributed by atoms with Crippen molar-refractivity contribution in [3.63, 3.8) is 0 Å². The second-order valence-corrected chi connectivity index (χ2v) is 4.22. The minimum atomic E-state index is 0.340. The summed E-state index contributed by atoms with van der Waals surface area (Å²) in [4.78, 5) is 0. The highest BCUT2D eigenvalue weighted by atomic mass is 14.7. The molecule has 1 aromatic carbocycles. The predicted octanol–water partition coefficient (Wildman–Crippen LogP) is 2.25. The lowest BCUT2D eigenvalue weighted by atomic mass is 9.80. The Balaban J connectivity index is 2.16. The predicted molar refractivity (Wildman–Crippen MR) is 60.0 cm³/mol. The molecule has 0 aliphatic heterocycles. The molecule has 2 heteroatoms. The summed E-state index contributed by atoms with van der Waals surface area (Å²) in [7, 11) is 0. The lowest BCUT2D eigenvalue weighted by Crippen LogP contribution is -2.31. The zero-order valence-corrected chi connectivity index (χ0v) is 8.45. The van der Waals surface area contributed by atoms with E-state index in [0.29, 0.717) is 12.0 Å². The van der Waals surface area contributed by atoms with Crippen LogP contribution < -0.4 is 11.5 Å². The molecule has 0 bridgehead atoms. The number of nitrogens with two attached hydrogens (primary N) is 2. The molecule has 76 valence electrons. The largest absolute Gasteiger partial charge is 0.399 e. The summed E-state index contributed by atoms with van der Waals surface area (Å²) in [5, 5.41) is 0. The van der Waals surface area contributed by atoms with Crippen LogP contribution >= 0.6 is 0 Å². The van der Waals surface area contributed by atoms with Crippen LogP contribution in [-0.4, -0.2) is 6.04 Å². The van der Waals surface area contributed by atoms with E-state index in [4.69, 9.17) is 11.5 Å². The first-order chi connectivity index (χ1) is 6.77. The van der Waals surface area contributed by atoms with Crippen molar-refractivity contribution in [2.24, 2.45) is 5.73 Å². The van der Waals surface area contributed by atoms with E-state index in [2.05, 4.69) is 12.1 Å². The molecule has 0 radical (unpaired) electrons. The standard InChI is InChI=1S/C12H18N2/c13-10-7-5-9(6-8-10)11-3-1-2-4-12(11)14/h5-8,11-12H,1-4,13-14H2/t11-,12-/m1/s1. The second kappa shape index (κ2) is 4.01. The summed E-state index contributed by atoms with van der Waals surface area (Å²) < 4.78 is 0. The third kappa shape index (κ3) is 1.90. The molecule has 0 aromatic heterocycles. The van der Waals surface area contributed by atoms with Crippen LogP contribution in [0.1, 0.15) is 37.2 Å². The van der Waals surface area contributed by atoms with Gasteiger partial charge < -0.3 is 11.5 Å². The molecule has 2 rings (SSSR count). The van der Waals surface area contributed by atoms with Crippen LogP contribution in [0.2, 0.25) is 0 Å². The summed E-state index contributed by atoms with van der Waals surface area (Å²) in [6, 6.07) is 8.51. The van der Waals surface area contributed by atoms with Crippen LogP contribution in [0.4, 0.5) is 5.69 Å². The van der Waals surface area contributed by atoms with E-state index in [0.717, 1.165) is 12.1 Å². The number of hydrogen-bond acceptors (Lipinski definition) is 2. The van der Waals surface area contributed by atoms with Crippen molar-refractivity contribution in [2.75, 3.05) is 5.73 Å². The van der Waals surface area contributed by atoms with Crippen molar-refractivity contribution in [1.29, 1.82) is 0 Å². The van der Waals surface area contributed by atoms with Gasteiger partial charge in [0.2, 0.25) is 0 Å². The van der Waals surface area contributed by atoms with Gasteiger partial charge in [0.25, 0.3) is 0 Å². The third-order valence-corrected chi connectivity index (χ3v) is 3.18. The van der Waals surface area contributed by atoms with Gasteiger partial charge in [0, 0.05) is 11.7 Å². The Morgan fingerprint density at radius 2 is 1.64 bits per heavy atom. The van der Waals surface area contributed by atoms with E-state index in [1.165, 1.54) is 24.8 Å². The summed E-state index contributed by atoms with van der Waals surface area (Å²) in [6.45, 7) is 0. The highest BCUT2D eigenvalue weighted by molar-refractivity contribution is 5.40. The molecule has 0 saturated heterocycles. The normalized spacial score (nSPS) is 27.5. The van der Waals surface area contributed by atoms with Crippen LogP contribution in [0.5, 0.6) is 0 Å². The van der Waals surface area contributed by atoms with E-state index in [-0.39, 0.29) is 0 Å². The van der Waals surface area contributed by atoms with Crippen LogP contribution in [0.15, 0.2) is 24.3 Å². The molecule has 2 nitrogen and oxygen atoms in total. The zero-order valence-electron chi connectivity index (χ0n) is 8.45. The highest BCUT2D eigenvalue weighted by Gasteiger charge is 2.22. The number of nitrogen functional groups attached to an aromatic ring is 1. The monoisotopic (exact) mass is 190 g/mol. The van der Waals surface area contributed by atoms with Gasteiger partial charge in [0.05, 0.1) is 0 Å². The van der Waals surface area contributed by atoms with Crippen molar-refractivity contribution < 1.29 is 0 Å². The summed E-state index contributed by atoms with van der Waals surface area (Å²) in [6.07, 6.45) is 4.98.